The maximum absolute atomic E-state index is 14.6. The average Bonchev–Trinajstić information content (AvgIpc) is 3.40. The van der Waals surface area contributed by atoms with Gasteiger partial charge in [0, 0.05) is 28.4 Å². The minimum atomic E-state index is -0.368. The van der Waals surface area contributed by atoms with E-state index in [9.17, 15) is 9.18 Å². The topological polar surface area (TPSA) is 77.2 Å². The number of pyridine rings is 1. The van der Waals surface area contributed by atoms with Gasteiger partial charge in [-0.1, -0.05) is 29.8 Å². The zero-order valence-corrected chi connectivity index (χ0v) is 20.5. The van der Waals surface area contributed by atoms with Crippen molar-refractivity contribution in [2.75, 3.05) is 5.73 Å². The lowest BCUT2D eigenvalue weighted by atomic mass is 9.83. The van der Waals surface area contributed by atoms with Crippen molar-refractivity contribution in [3.05, 3.63) is 116 Å². The number of carbonyl (C=O) groups excluding carboxylic acids is 1. The van der Waals surface area contributed by atoms with E-state index in [1.807, 2.05) is 50.2 Å². The molecule has 36 heavy (non-hydrogen) atoms. The fourth-order valence-electron chi connectivity index (χ4n) is 5.30. The van der Waals surface area contributed by atoms with E-state index in [-0.39, 0.29) is 23.9 Å². The summed E-state index contributed by atoms with van der Waals surface area (Å²) < 4.78 is 20.8. The normalized spacial score (nSPS) is 17.1. The van der Waals surface area contributed by atoms with E-state index in [2.05, 4.69) is 10.3 Å². The van der Waals surface area contributed by atoms with Gasteiger partial charge in [0.05, 0.1) is 0 Å². The van der Waals surface area contributed by atoms with E-state index in [0.29, 0.717) is 28.5 Å². The number of aryl methyl sites for hydroxylation is 2. The zero-order valence-electron chi connectivity index (χ0n) is 19.7. The molecule has 0 unspecified atom stereocenters. The summed E-state index contributed by atoms with van der Waals surface area (Å²) in [5.74, 6) is -0.0722. The molecule has 1 amide bonds. The molecule has 1 aromatic heterocycles. The summed E-state index contributed by atoms with van der Waals surface area (Å²) in [7, 11) is 0. The second kappa shape index (κ2) is 8.43. The maximum atomic E-state index is 14.6. The zero-order chi connectivity index (χ0) is 25.1. The Hall–Kier alpha value is -3.74. The molecule has 3 heterocycles. The molecule has 0 radical (unpaired) electrons. The minimum Gasteiger partial charge on any atom is -0.384 e. The highest BCUT2D eigenvalue weighted by Gasteiger charge is 2.43. The Morgan fingerprint density at radius 3 is 2.47 bits per heavy atom. The Bertz CT molecular complexity index is 1550. The van der Waals surface area contributed by atoms with Gasteiger partial charge in [0.2, 0.25) is 0 Å². The van der Waals surface area contributed by atoms with Crippen molar-refractivity contribution in [2.45, 2.75) is 32.6 Å². The van der Waals surface area contributed by atoms with Crippen LogP contribution in [0.2, 0.25) is 5.02 Å². The van der Waals surface area contributed by atoms with Gasteiger partial charge in [0.25, 0.3) is 5.91 Å². The van der Waals surface area contributed by atoms with Crippen LogP contribution in [0.15, 0.2) is 60.7 Å². The molecule has 2 aliphatic heterocycles. The molecule has 6 rings (SSSR count). The summed E-state index contributed by atoms with van der Waals surface area (Å²) >= 11 is 5.92. The smallest absolute Gasteiger partial charge is 0.251 e. The number of carbonyl (C=O) groups is 1. The molecule has 4 aromatic rings. The second-order valence-electron chi connectivity index (χ2n) is 9.32. The largest absolute Gasteiger partial charge is 0.384 e. The molecular weight excluding hydrogens is 477 g/mol. The Morgan fingerprint density at radius 1 is 1.00 bits per heavy atom. The summed E-state index contributed by atoms with van der Waals surface area (Å²) in [6.45, 7) is 4.20. The summed E-state index contributed by atoms with van der Waals surface area (Å²) in [6, 6.07) is 18.1. The number of hydrogen-bond acceptors (Lipinski definition) is 4. The van der Waals surface area contributed by atoms with Gasteiger partial charge >= 0.3 is 0 Å². The second-order valence-corrected chi connectivity index (χ2v) is 9.75. The van der Waals surface area contributed by atoms with Crippen LogP contribution in [0.1, 0.15) is 61.6 Å². The molecule has 3 N–H and O–H groups in total. The Balaban J connectivity index is 1.27. The van der Waals surface area contributed by atoms with Crippen LogP contribution >= 0.6 is 11.6 Å². The van der Waals surface area contributed by atoms with Crippen molar-refractivity contribution in [3.63, 3.8) is 0 Å². The lowest BCUT2D eigenvalue weighted by Crippen LogP contribution is -2.24. The highest BCUT2D eigenvalue weighted by molar-refractivity contribution is 6.30. The van der Waals surface area contributed by atoms with Gasteiger partial charge in [0.15, 0.2) is 0 Å². The minimum absolute atomic E-state index is 0.173. The van der Waals surface area contributed by atoms with Crippen molar-refractivity contribution in [1.29, 1.82) is 0 Å². The lowest BCUT2D eigenvalue weighted by molar-refractivity contribution is 0.0857. The third kappa shape index (κ3) is 3.65. The first kappa shape index (κ1) is 22.7. The Kier molecular flexibility index (Phi) is 5.32. The molecule has 0 saturated heterocycles. The van der Waals surface area contributed by atoms with Crippen LogP contribution in [0.4, 0.5) is 10.2 Å². The third-order valence-corrected chi connectivity index (χ3v) is 7.31. The van der Waals surface area contributed by atoms with Crippen LogP contribution in [0, 0.1) is 19.7 Å². The number of nitrogens with one attached hydrogen (secondary N) is 1. The van der Waals surface area contributed by atoms with Crippen LogP contribution in [0.5, 0.6) is 0 Å². The van der Waals surface area contributed by atoms with Gasteiger partial charge in [-0.15, -0.1) is 0 Å². The predicted molar refractivity (Wildman–Crippen MR) is 137 cm³/mol. The molecule has 5 nitrogen and oxygen atoms in total. The number of rotatable bonds is 4. The van der Waals surface area contributed by atoms with Crippen molar-refractivity contribution in [2.24, 2.45) is 0 Å². The fraction of sp³-hybridized carbons (Fsp3) is 0.172. The van der Waals surface area contributed by atoms with Crippen LogP contribution in [0.3, 0.4) is 0 Å². The van der Waals surface area contributed by atoms with Gasteiger partial charge in [-0.25, -0.2) is 9.37 Å². The molecular formula is C29H23ClFN3O2. The molecule has 2 atom stereocenters. The number of ether oxygens (including phenoxy) is 1. The number of benzene rings is 3. The van der Waals surface area contributed by atoms with Crippen LogP contribution in [-0.4, -0.2) is 10.9 Å². The van der Waals surface area contributed by atoms with Crippen LogP contribution in [-0.2, 0) is 11.3 Å². The number of amides is 1. The average molecular weight is 500 g/mol. The molecule has 0 spiro atoms. The highest BCUT2D eigenvalue weighted by atomic mass is 35.5. The number of nitrogen functional groups attached to an aromatic ring is 1. The standard InChI is InChI=1S/C29H23ClFN3O2/c1-14-9-26(32)34-15(2)24(14)13-33-29(35)17-4-7-21-23(11-17)28-22-10-16(3-6-20(22)27(21)36-28)19-8-5-18(30)12-25(19)31/h3-12,27-28H,13H2,1-2H3,(H2,32,34)(H,33,35)/t27-,28+/m0/s1. The number of hydrogen-bond donors (Lipinski definition) is 2. The van der Waals surface area contributed by atoms with Crippen molar-refractivity contribution < 1.29 is 13.9 Å². The van der Waals surface area contributed by atoms with E-state index >= 15 is 0 Å². The van der Waals surface area contributed by atoms with Gasteiger partial charge in [-0.05, 0) is 95.3 Å². The first-order chi connectivity index (χ1) is 17.3. The maximum Gasteiger partial charge on any atom is 0.251 e. The van der Waals surface area contributed by atoms with Crippen molar-refractivity contribution in [1.82, 2.24) is 10.3 Å². The number of fused-ring (bicyclic) bond motifs is 8. The van der Waals surface area contributed by atoms with Crippen LogP contribution < -0.4 is 11.1 Å². The van der Waals surface area contributed by atoms with E-state index in [4.69, 9.17) is 22.1 Å². The molecule has 0 fully saturated rings. The monoisotopic (exact) mass is 499 g/mol. The molecule has 3 aromatic carbocycles. The number of nitrogens with zero attached hydrogens (tertiary/aromatic N) is 1. The predicted octanol–water partition coefficient (Wildman–Crippen LogP) is 6.19. The summed E-state index contributed by atoms with van der Waals surface area (Å²) in [4.78, 5) is 17.3. The van der Waals surface area contributed by atoms with E-state index < -0.39 is 0 Å². The van der Waals surface area contributed by atoms with Crippen LogP contribution in [0.25, 0.3) is 11.1 Å². The third-order valence-electron chi connectivity index (χ3n) is 7.08. The first-order valence-corrected chi connectivity index (χ1v) is 12.1. The SMILES string of the molecule is Cc1cc(N)nc(C)c1CNC(=O)c1ccc2c(c1)[C@@H]1O[C@H]2c2ccc(-c3ccc(Cl)cc3F)cc21. The Morgan fingerprint density at radius 2 is 1.72 bits per heavy atom. The first-order valence-electron chi connectivity index (χ1n) is 11.7. The van der Waals surface area contributed by atoms with E-state index in [1.54, 1.807) is 18.2 Å². The molecule has 180 valence electrons. The number of halogens is 2. The summed E-state index contributed by atoms with van der Waals surface area (Å²) in [5, 5.41) is 3.36. The number of nitrogens with two attached hydrogens (primary N) is 1. The Labute approximate surface area is 213 Å². The van der Waals surface area contributed by atoms with E-state index in [1.165, 1.54) is 6.07 Å². The molecule has 0 aliphatic carbocycles. The number of anilines is 1. The quantitative estimate of drug-likeness (QED) is 0.351. The highest BCUT2D eigenvalue weighted by Crippen LogP contribution is 2.54. The molecule has 7 heteroatoms. The van der Waals surface area contributed by atoms with Gasteiger partial charge in [0.1, 0.15) is 23.8 Å². The van der Waals surface area contributed by atoms with Gasteiger partial charge in [-0.2, -0.15) is 0 Å². The van der Waals surface area contributed by atoms with Crippen molar-refractivity contribution in [3.8, 4) is 11.1 Å². The summed E-state index contributed by atoms with van der Waals surface area (Å²) in [5.41, 5.74) is 14.5. The lowest BCUT2D eigenvalue weighted by Gasteiger charge is -2.18. The summed E-state index contributed by atoms with van der Waals surface area (Å²) in [6.07, 6.45) is -0.485. The fourth-order valence-corrected chi connectivity index (χ4v) is 5.46. The molecule has 2 bridgehead atoms. The van der Waals surface area contributed by atoms with E-state index in [0.717, 1.165) is 44.6 Å². The van der Waals surface area contributed by atoms with Gasteiger partial charge in [-0.3, -0.25) is 4.79 Å². The van der Waals surface area contributed by atoms with Gasteiger partial charge < -0.3 is 15.8 Å². The molecule has 0 saturated carbocycles. The number of aromatic nitrogens is 1. The molecule has 2 aliphatic rings. The van der Waals surface area contributed by atoms with Crippen molar-refractivity contribution >= 4 is 23.3 Å².